The van der Waals surface area contributed by atoms with Gasteiger partial charge in [0.1, 0.15) is 5.69 Å². The minimum absolute atomic E-state index is 0.165. The molecule has 2 N–H and O–H groups in total. The SMILES string of the molecule is CCn1c(O)c(C=C2C=Nc3ccccc32)[nH]c1=S. The second-order valence-electron chi connectivity index (χ2n) is 4.29. The zero-order valence-electron chi connectivity index (χ0n) is 10.4. The Bertz CT molecular complexity index is 752. The van der Waals surface area contributed by atoms with E-state index in [2.05, 4.69) is 9.98 Å². The van der Waals surface area contributed by atoms with Crippen LogP contribution in [0.4, 0.5) is 5.69 Å². The third kappa shape index (κ3) is 1.92. The molecule has 96 valence electrons. The Morgan fingerprint density at radius 3 is 2.95 bits per heavy atom. The molecule has 19 heavy (non-hydrogen) atoms. The largest absolute Gasteiger partial charge is 0.493 e. The van der Waals surface area contributed by atoms with Gasteiger partial charge < -0.3 is 10.1 Å². The number of aromatic nitrogens is 2. The molecule has 0 unspecified atom stereocenters. The van der Waals surface area contributed by atoms with Crippen molar-refractivity contribution in [2.75, 3.05) is 0 Å². The van der Waals surface area contributed by atoms with Crippen LogP contribution in [0.15, 0.2) is 29.3 Å². The molecule has 1 aliphatic heterocycles. The lowest BCUT2D eigenvalue weighted by Crippen LogP contribution is -1.92. The summed E-state index contributed by atoms with van der Waals surface area (Å²) in [5.74, 6) is 0.165. The average molecular weight is 271 g/mol. The summed E-state index contributed by atoms with van der Waals surface area (Å²) in [6.45, 7) is 2.57. The first-order chi connectivity index (χ1) is 9.20. The van der Waals surface area contributed by atoms with Crippen LogP contribution >= 0.6 is 12.2 Å². The molecule has 1 aromatic heterocycles. The van der Waals surface area contributed by atoms with Crippen LogP contribution in [-0.4, -0.2) is 20.9 Å². The molecule has 5 heteroatoms. The van der Waals surface area contributed by atoms with Gasteiger partial charge in [-0.05, 0) is 31.3 Å². The predicted molar refractivity (Wildman–Crippen MR) is 79.4 cm³/mol. The van der Waals surface area contributed by atoms with Crippen molar-refractivity contribution in [3.63, 3.8) is 0 Å². The molecule has 0 radical (unpaired) electrons. The number of rotatable bonds is 2. The van der Waals surface area contributed by atoms with E-state index < -0.39 is 0 Å². The van der Waals surface area contributed by atoms with Crippen molar-refractivity contribution in [1.82, 2.24) is 9.55 Å². The highest BCUT2D eigenvalue weighted by atomic mass is 32.1. The number of H-pyrrole nitrogens is 1. The Morgan fingerprint density at radius 1 is 1.42 bits per heavy atom. The summed E-state index contributed by atoms with van der Waals surface area (Å²) >= 11 is 5.16. The number of fused-ring (bicyclic) bond motifs is 1. The molecule has 0 saturated heterocycles. The van der Waals surface area contributed by atoms with Crippen molar-refractivity contribution in [3.05, 3.63) is 40.3 Å². The van der Waals surface area contributed by atoms with Crippen LogP contribution in [0.3, 0.4) is 0 Å². The lowest BCUT2D eigenvalue weighted by molar-refractivity contribution is 0.419. The van der Waals surface area contributed by atoms with Crippen LogP contribution in [0.2, 0.25) is 0 Å². The number of para-hydroxylation sites is 1. The van der Waals surface area contributed by atoms with Gasteiger partial charge in [-0.3, -0.25) is 9.56 Å². The van der Waals surface area contributed by atoms with Gasteiger partial charge in [-0.25, -0.2) is 0 Å². The third-order valence-electron chi connectivity index (χ3n) is 3.16. The molecule has 3 rings (SSSR count). The lowest BCUT2D eigenvalue weighted by Gasteiger charge is -2.00. The van der Waals surface area contributed by atoms with Crippen molar-refractivity contribution in [2.24, 2.45) is 4.99 Å². The summed E-state index contributed by atoms with van der Waals surface area (Å²) in [6.07, 6.45) is 3.66. The van der Waals surface area contributed by atoms with Crippen molar-refractivity contribution >= 4 is 35.8 Å². The van der Waals surface area contributed by atoms with E-state index in [1.54, 1.807) is 10.8 Å². The molecule has 0 spiro atoms. The third-order valence-corrected chi connectivity index (χ3v) is 3.48. The summed E-state index contributed by atoms with van der Waals surface area (Å²) in [4.78, 5) is 7.35. The fourth-order valence-corrected chi connectivity index (χ4v) is 2.51. The van der Waals surface area contributed by atoms with Gasteiger partial charge in [0.05, 0.1) is 5.69 Å². The molecule has 2 heterocycles. The number of hydrogen-bond acceptors (Lipinski definition) is 3. The summed E-state index contributed by atoms with van der Waals surface area (Å²) in [6, 6.07) is 7.90. The van der Waals surface area contributed by atoms with Crippen LogP contribution in [0.1, 0.15) is 18.2 Å². The second kappa shape index (κ2) is 4.51. The topological polar surface area (TPSA) is 53.3 Å². The standard InChI is InChI=1S/C14H13N3OS/c1-2-17-13(18)12(16-14(17)19)7-9-8-15-11-6-4-3-5-10(9)11/h3-8,18H,2H2,1H3,(H,16,19). The van der Waals surface area contributed by atoms with Crippen LogP contribution in [-0.2, 0) is 6.54 Å². The number of nitrogens with zero attached hydrogens (tertiary/aromatic N) is 2. The van der Waals surface area contributed by atoms with Crippen molar-refractivity contribution in [1.29, 1.82) is 0 Å². The molecule has 0 amide bonds. The highest BCUT2D eigenvalue weighted by Crippen LogP contribution is 2.33. The highest BCUT2D eigenvalue weighted by Gasteiger charge is 2.13. The van der Waals surface area contributed by atoms with Crippen LogP contribution in [0, 0.1) is 4.77 Å². The van der Waals surface area contributed by atoms with E-state index in [0.29, 0.717) is 17.0 Å². The molecule has 0 atom stereocenters. The van der Waals surface area contributed by atoms with E-state index >= 15 is 0 Å². The minimum Gasteiger partial charge on any atom is -0.493 e. The molecular formula is C14H13N3OS. The fraction of sp³-hybridized carbons (Fsp3) is 0.143. The molecule has 1 aliphatic rings. The van der Waals surface area contributed by atoms with Gasteiger partial charge in [-0.2, -0.15) is 0 Å². The molecular weight excluding hydrogens is 258 g/mol. The first kappa shape index (κ1) is 11.9. The summed E-state index contributed by atoms with van der Waals surface area (Å²) in [5.41, 5.74) is 3.59. The molecule has 4 nitrogen and oxygen atoms in total. The maximum absolute atomic E-state index is 10.1. The number of imidazole rings is 1. The van der Waals surface area contributed by atoms with E-state index in [1.165, 1.54) is 0 Å². The summed E-state index contributed by atoms with van der Waals surface area (Å²) in [7, 11) is 0. The maximum atomic E-state index is 10.1. The number of aliphatic imine (C=N–C) groups is 1. The first-order valence-corrected chi connectivity index (χ1v) is 6.48. The van der Waals surface area contributed by atoms with Crippen LogP contribution in [0.25, 0.3) is 11.6 Å². The lowest BCUT2D eigenvalue weighted by atomic mass is 10.1. The Balaban J connectivity index is 2.10. The molecule has 0 fully saturated rings. The van der Waals surface area contributed by atoms with E-state index in [0.717, 1.165) is 16.8 Å². The Morgan fingerprint density at radius 2 is 2.21 bits per heavy atom. The van der Waals surface area contributed by atoms with E-state index in [1.807, 2.05) is 37.3 Å². The summed E-state index contributed by atoms with van der Waals surface area (Å²) < 4.78 is 2.18. The average Bonchev–Trinajstić information content (AvgIpc) is 2.93. The quantitative estimate of drug-likeness (QED) is 0.821. The van der Waals surface area contributed by atoms with Gasteiger partial charge >= 0.3 is 0 Å². The number of allylic oxidation sites excluding steroid dienone is 1. The maximum Gasteiger partial charge on any atom is 0.217 e. The van der Waals surface area contributed by atoms with Gasteiger partial charge in [0.25, 0.3) is 0 Å². The highest BCUT2D eigenvalue weighted by molar-refractivity contribution is 7.71. The smallest absolute Gasteiger partial charge is 0.217 e. The van der Waals surface area contributed by atoms with E-state index in [9.17, 15) is 5.11 Å². The Labute approximate surface area is 115 Å². The van der Waals surface area contributed by atoms with Crippen molar-refractivity contribution < 1.29 is 5.11 Å². The molecule has 0 bridgehead atoms. The number of hydrogen-bond donors (Lipinski definition) is 2. The molecule has 0 aliphatic carbocycles. The van der Waals surface area contributed by atoms with Crippen molar-refractivity contribution in [3.8, 4) is 5.88 Å². The van der Waals surface area contributed by atoms with E-state index in [-0.39, 0.29) is 5.88 Å². The Kier molecular flexibility index (Phi) is 2.83. The molecule has 1 aromatic carbocycles. The first-order valence-electron chi connectivity index (χ1n) is 6.07. The number of aromatic hydroxyl groups is 1. The number of aromatic amines is 1. The van der Waals surface area contributed by atoms with Gasteiger partial charge in [-0.1, -0.05) is 18.2 Å². The summed E-state index contributed by atoms with van der Waals surface area (Å²) in [5, 5.41) is 10.1. The predicted octanol–water partition coefficient (Wildman–Crippen LogP) is 3.53. The van der Waals surface area contributed by atoms with Gasteiger partial charge in [0.2, 0.25) is 5.88 Å². The number of nitrogens with one attached hydrogen (secondary N) is 1. The normalized spacial score (nSPS) is 15.1. The van der Waals surface area contributed by atoms with Gasteiger partial charge in [0.15, 0.2) is 4.77 Å². The van der Waals surface area contributed by atoms with Crippen LogP contribution < -0.4 is 0 Å². The minimum atomic E-state index is 0.165. The van der Waals surface area contributed by atoms with E-state index in [4.69, 9.17) is 12.2 Å². The number of benzene rings is 1. The molecule has 2 aromatic rings. The van der Waals surface area contributed by atoms with Gasteiger partial charge in [-0.15, -0.1) is 0 Å². The zero-order chi connectivity index (χ0) is 13.4. The van der Waals surface area contributed by atoms with Gasteiger partial charge in [0, 0.05) is 23.9 Å². The Hall–Kier alpha value is -2.14. The van der Waals surface area contributed by atoms with Crippen molar-refractivity contribution in [2.45, 2.75) is 13.5 Å². The second-order valence-corrected chi connectivity index (χ2v) is 4.67. The zero-order valence-corrected chi connectivity index (χ0v) is 11.2. The fourth-order valence-electron chi connectivity index (χ4n) is 2.18. The van der Waals surface area contributed by atoms with Crippen LogP contribution in [0.5, 0.6) is 5.88 Å². The monoisotopic (exact) mass is 271 g/mol. The molecule has 0 saturated carbocycles.